The first kappa shape index (κ1) is 17.5. The second kappa shape index (κ2) is 6.64. The highest BCUT2D eigenvalue weighted by molar-refractivity contribution is 5.94. The minimum atomic E-state index is -0.696. The van der Waals surface area contributed by atoms with E-state index >= 15 is 0 Å². The molecule has 4 rings (SSSR count). The number of piperidine rings is 1. The fraction of sp³-hybridized carbons (Fsp3) is 0.400. The summed E-state index contributed by atoms with van der Waals surface area (Å²) < 4.78 is 16.5. The number of nitrogens with zero attached hydrogens (tertiary/aromatic N) is 1. The molecule has 0 aliphatic carbocycles. The Morgan fingerprint density at radius 3 is 2.56 bits per heavy atom. The lowest BCUT2D eigenvalue weighted by Crippen LogP contribution is -2.41. The summed E-state index contributed by atoms with van der Waals surface area (Å²) in [5, 5.41) is 2.94. The van der Waals surface area contributed by atoms with E-state index < -0.39 is 5.79 Å². The average molecular weight is 370 g/mol. The highest BCUT2D eigenvalue weighted by Crippen LogP contribution is 2.40. The van der Waals surface area contributed by atoms with Crippen LogP contribution < -0.4 is 14.8 Å². The van der Waals surface area contributed by atoms with E-state index in [4.69, 9.17) is 13.9 Å². The Kier molecular flexibility index (Phi) is 4.30. The predicted octanol–water partition coefficient (Wildman–Crippen LogP) is 3.28. The maximum Gasteiger partial charge on any atom is 0.289 e. The maximum atomic E-state index is 12.6. The second-order valence-electron chi connectivity index (χ2n) is 7.30. The Balaban J connectivity index is 1.33. The van der Waals surface area contributed by atoms with Gasteiger partial charge in [-0.3, -0.25) is 9.59 Å². The smallest absolute Gasteiger partial charge is 0.289 e. The Labute approximate surface area is 157 Å². The van der Waals surface area contributed by atoms with Crippen LogP contribution in [0.15, 0.2) is 41.0 Å². The first-order valence-corrected chi connectivity index (χ1v) is 9.07. The van der Waals surface area contributed by atoms with Crippen molar-refractivity contribution in [3.05, 3.63) is 42.4 Å². The lowest BCUT2D eigenvalue weighted by atomic mass is 9.95. The molecule has 0 bridgehead atoms. The van der Waals surface area contributed by atoms with Crippen LogP contribution in [0.5, 0.6) is 11.5 Å². The van der Waals surface area contributed by atoms with E-state index in [1.165, 1.54) is 6.26 Å². The van der Waals surface area contributed by atoms with E-state index in [-0.39, 0.29) is 17.7 Å². The van der Waals surface area contributed by atoms with E-state index in [1.807, 2.05) is 13.8 Å². The van der Waals surface area contributed by atoms with Crippen LogP contribution >= 0.6 is 0 Å². The average Bonchev–Trinajstić information content (AvgIpc) is 3.27. The molecule has 2 aromatic rings. The molecule has 142 valence electrons. The molecule has 1 fully saturated rings. The number of furan rings is 1. The highest BCUT2D eigenvalue weighted by Gasteiger charge is 2.32. The molecule has 0 atom stereocenters. The number of likely N-dealkylation sites (tertiary alicyclic amines) is 1. The SMILES string of the molecule is CC1(C)Oc2ccc(NC(=O)C3CCN(C(=O)c4ccco4)CC3)cc2O1. The molecule has 0 radical (unpaired) electrons. The molecule has 0 saturated carbocycles. The number of carbonyl (C=O) groups excluding carboxylic acids is 2. The minimum Gasteiger partial charge on any atom is -0.459 e. The molecule has 3 heterocycles. The molecule has 2 amide bonds. The van der Waals surface area contributed by atoms with Crippen molar-refractivity contribution in [1.29, 1.82) is 0 Å². The van der Waals surface area contributed by atoms with Crippen LogP contribution in [0.4, 0.5) is 5.69 Å². The molecule has 7 nitrogen and oxygen atoms in total. The molecule has 27 heavy (non-hydrogen) atoms. The summed E-state index contributed by atoms with van der Waals surface area (Å²) in [6.07, 6.45) is 2.73. The van der Waals surface area contributed by atoms with Crippen molar-refractivity contribution in [3.63, 3.8) is 0 Å². The molecule has 1 N–H and O–H groups in total. The third kappa shape index (κ3) is 3.63. The van der Waals surface area contributed by atoms with Crippen LogP contribution in [-0.2, 0) is 4.79 Å². The zero-order valence-electron chi connectivity index (χ0n) is 15.4. The molecule has 0 unspecified atom stereocenters. The van der Waals surface area contributed by atoms with E-state index in [2.05, 4.69) is 5.32 Å². The van der Waals surface area contributed by atoms with Gasteiger partial charge in [0.15, 0.2) is 17.3 Å². The summed E-state index contributed by atoms with van der Waals surface area (Å²) in [6.45, 7) is 4.74. The number of rotatable bonds is 3. The van der Waals surface area contributed by atoms with Crippen molar-refractivity contribution >= 4 is 17.5 Å². The van der Waals surface area contributed by atoms with Gasteiger partial charge in [-0.1, -0.05) is 0 Å². The van der Waals surface area contributed by atoms with Gasteiger partial charge < -0.3 is 24.1 Å². The van der Waals surface area contributed by atoms with Crippen molar-refractivity contribution in [2.24, 2.45) is 5.92 Å². The summed E-state index contributed by atoms with van der Waals surface area (Å²) in [4.78, 5) is 26.6. The number of benzene rings is 1. The van der Waals surface area contributed by atoms with Crippen molar-refractivity contribution in [3.8, 4) is 11.5 Å². The molecule has 2 aliphatic rings. The molecular weight excluding hydrogens is 348 g/mol. The van der Waals surface area contributed by atoms with Gasteiger partial charge in [-0.05, 0) is 37.1 Å². The number of ether oxygens (including phenoxy) is 2. The highest BCUT2D eigenvalue weighted by atomic mass is 16.7. The van der Waals surface area contributed by atoms with Crippen LogP contribution in [0.25, 0.3) is 0 Å². The van der Waals surface area contributed by atoms with E-state index in [9.17, 15) is 9.59 Å². The van der Waals surface area contributed by atoms with Gasteiger partial charge in [-0.2, -0.15) is 0 Å². The normalized spacial score (nSPS) is 18.4. The topological polar surface area (TPSA) is 81.0 Å². The van der Waals surface area contributed by atoms with Crippen molar-refractivity contribution in [2.45, 2.75) is 32.5 Å². The van der Waals surface area contributed by atoms with Gasteiger partial charge in [0.1, 0.15) is 0 Å². The Morgan fingerprint density at radius 2 is 1.85 bits per heavy atom. The molecular formula is C20H22N2O5. The number of hydrogen-bond donors (Lipinski definition) is 1. The summed E-state index contributed by atoms with van der Waals surface area (Å²) >= 11 is 0. The van der Waals surface area contributed by atoms with Crippen LogP contribution in [0.3, 0.4) is 0 Å². The third-order valence-electron chi connectivity index (χ3n) is 4.81. The fourth-order valence-electron chi connectivity index (χ4n) is 3.45. The summed E-state index contributed by atoms with van der Waals surface area (Å²) in [7, 11) is 0. The van der Waals surface area contributed by atoms with Gasteiger partial charge in [0.25, 0.3) is 5.91 Å². The fourth-order valence-corrected chi connectivity index (χ4v) is 3.45. The second-order valence-corrected chi connectivity index (χ2v) is 7.30. The monoisotopic (exact) mass is 370 g/mol. The summed E-state index contributed by atoms with van der Waals surface area (Å²) in [5.74, 6) is 0.627. The Morgan fingerprint density at radius 1 is 1.11 bits per heavy atom. The zero-order chi connectivity index (χ0) is 19.0. The van der Waals surface area contributed by atoms with Crippen molar-refractivity contribution in [2.75, 3.05) is 18.4 Å². The summed E-state index contributed by atoms with van der Waals surface area (Å²) in [5.41, 5.74) is 0.675. The third-order valence-corrected chi connectivity index (χ3v) is 4.81. The lowest BCUT2D eigenvalue weighted by molar-refractivity contribution is -0.121. The predicted molar refractivity (Wildman–Crippen MR) is 97.7 cm³/mol. The Hall–Kier alpha value is -2.96. The molecule has 2 aliphatic heterocycles. The van der Waals surface area contributed by atoms with Crippen LogP contribution in [0, 0.1) is 5.92 Å². The number of carbonyl (C=O) groups is 2. The molecule has 1 aromatic carbocycles. The van der Waals surface area contributed by atoms with Crippen LogP contribution in [0.2, 0.25) is 0 Å². The number of nitrogens with one attached hydrogen (secondary N) is 1. The van der Waals surface area contributed by atoms with Crippen molar-refractivity contribution < 1.29 is 23.5 Å². The number of anilines is 1. The minimum absolute atomic E-state index is 0.0433. The quantitative estimate of drug-likeness (QED) is 0.897. The molecule has 7 heteroatoms. The van der Waals surface area contributed by atoms with Gasteiger partial charge in [-0.15, -0.1) is 0 Å². The van der Waals surface area contributed by atoms with E-state index in [0.717, 1.165) is 0 Å². The Bertz CT molecular complexity index is 851. The van der Waals surface area contributed by atoms with Crippen molar-refractivity contribution in [1.82, 2.24) is 4.90 Å². The number of fused-ring (bicyclic) bond motifs is 1. The summed E-state index contributed by atoms with van der Waals surface area (Å²) in [6, 6.07) is 8.72. The standard InChI is InChI=1S/C20H22N2O5/c1-20(2)26-15-6-5-14(12-17(15)27-20)21-18(23)13-7-9-22(10-8-13)19(24)16-4-3-11-25-16/h3-6,11-13H,7-10H2,1-2H3,(H,21,23). The van der Waals surface area contributed by atoms with Crippen LogP contribution in [-0.4, -0.2) is 35.6 Å². The van der Waals surface area contributed by atoms with E-state index in [1.54, 1.807) is 35.2 Å². The van der Waals surface area contributed by atoms with Gasteiger partial charge in [-0.25, -0.2) is 0 Å². The maximum absolute atomic E-state index is 12.6. The van der Waals surface area contributed by atoms with Gasteiger partial charge >= 0.3 is 0 Å². The largest absolute Gasteiger partial charge is 0.459 e. The van der Waals surface area contributed by atoms with Crippen LogP contribution in [0.1, 0.15) is 37.2 Å². The molecule has 1 aromatic heterocycles. The first-order valence-electron chi connectivity index (χ1n) is 9.07. The number of hydrogen-bond acceptors (Lipinski definition) is 5. The van der Waals surface area contributed by atoms with Gasteiger partial charge in [0, 0.05) is 44.6 Å². The molecule has 0 spiro atoms. The molecule has 1 saturated heterocycles. The first-order chi connectivity index (χ1) is 12.9. The lowest BCUT2D eigenvalue weighted by Gasteiger charge is -2.30. The van der Waals surface area contributed by atoms with Gasteiger partial charge in [0.05, 0.1) is 6.26 Å². The van der Waals surface area contributed by atoms with Gasteiger partial charge in [0.2, 0.25) is 11.7 Å². The number of amides is 2. The zero-order valence-corrected chi connectivity index (χ0v) is 15.4. The van der Waals surface area contributed by atoms with E-state index in [0.29, 0.717) is 48.9 Å².